The van der Waals surface area contributed by atoms with Gasteiger partial charge in [-0.15, -0.1) is 0 Å². The molecule has 1 aliphatic heterocycles. The molecule has 6 heteroatoms. The molecule has 0 unspecified atom stereocenters. The van der Waals surface area contributed by atoms with E-state index < -0.39 is 12.1 Å². The third kappa shape index (κ3) is 3.79. The fraction of sp³-hybridized carbons (Fsp3) is 0.263. The van der Waals surface area contributed by atoms with E-state index in [1.54, 1.807) is 4.90 Å². The predicted molar refractivity (Wildman–Crippen MR) is 95.2 cm³/mol. The Morgan fingerprint density at radius 1 is 1.12 bits per heavy atom. The molecule has 0 bridgehead atoms. The molecule has 1 saturated heterocycles. The van der Waals surface area contributed by atoms with Crippen LogP contribution in [0, 0.1) is 19.7 Å². The van der Waals surface area contributed by atoms with Crippen molar-refractivity contribution in [2.24, 2.45) is 0 Å². The normalized spacial score (nSPS) is 16.8. The first-order valence-corrected chi connectivity index (χ1v) is 8.16. The van der Waals surface area contributed by atoms with E-state index in [2.05, 4.69) is 10.6 Å². The number of amides is 3. The summed E-state index contributed by atoms with van der Waals surface area (Å²) < 4.78 is 12.9. The average Bonchev–Trinajstić information content (AvgIpc) is 2.93. The number of rotatable bonds is 3. The van der Waals surface area contributed by atoms with Crippen LogP contribution in [0.1, 0.15) is 17.5 Å². The summed E-state index contributed by atoms with van der Waals surface area (Å²) in [7, 11) is 0. The number of anilines is 2. The van der Waals surface area contributed by atoms with Crippen LogP contribution in [-0.2, 0) is 4.79 Å². The maximum atomic E-state index is 12.9. The lowest BCUT2D eigenvalue weighted by molar-refractivity contribution is -0.118. The van der Waals surface area contributed by atoms with Gasteiger partial charge in [0, 0.05) is 17.9 Å². The third-order valence-electron chi connectivity index (χ3n) is 4.42. The summed E-state index contributed by atoms with van der Waals surface area (Å²) in [5, 5.41) is 5.28. The van der Waals surface area contributed by atoms with Gasteiger partial charge in [-0.05, 0) is 67.8 Å². The first-order valence-electron chi connectivity index (χ1n) is 8.16. The Morgan fingerprint density at radius 3 is 2.52 bits per heavy atom. The SMILES string of the molecule is Cc1ccc(N2CC[C@H](NC(=O)Nc3ccc(F)cc3)C2=O)cc1C. The zero-order valence-corrected chi connectivity index (χ0v) is 14.2. The van der Waals surface area contributed by atoms with Crippen LogP contribution in [0.4, 0.5) is 20.6 Å². The number of nitrogens with one attached hydrogen (secondary N) is 2. The van der Waals surface area contributed by atoms with Crippen LogP contribution in [0.2, 0.25) is 0 Å². The summed E-state index contributed by atoms with van der Waals surface area (Å²) in [5.41, 5.74) is 3.60. The Labute approximate surface area is 145 Å². The van der Waals surface area contributed by atoms with Crippen molar-refractivity contribution in [1.29, 1.82) is 0 Å². The van der Waals surface area contributed by atoms with Crippen LogP contribution in [0.3, 0.4) is 0 Å². The van der Waals surface area contributed by atoms with E-state index in [9.17, 15) is 14.0 Å². The lowest BCUT2D eigenvalue weighted by atomic mass is 10.1. The molecule has 0 aliphatic carbocycles. The molecule has 25 heavy (non-hydrogen) atoms. The number of carbonyl (C=O) groups excluding carboxylic acids is 2. The van der Waals surface area contributed by atoms with Crippen molar-refractivity contribution in [3.05, 3.63) is 59.4 Å². The quantitative estimate of drug-likeness (QED) is 0.899. The molecule has 1 heterocycles. The molecule has 0 radical (unpaired) electrons. The summed E-state index contributed by atoms with van der Waals surface area (Å²) in [4.78, 5) is 26.3. The first kappa shape index (κ1) is 17.0. The van der Waals surface area contributed by atoms with Crippen LogP contribution in [0.25, 0.3) is 0 Å². The smallest absolute Gasteiger partial charge is 0.319 e. The van der Waals surface area contributed by atoms with Crippen LogP contribution in [0.5, 0.6) is 0 Å². The molecular weight excluding hydrogens is 321 g/mol. The largest absolute Gasteiger partial charge is 0.326 e. The number of hydrogen-bond donors (Lipinski definition) is 2. The third-order valence-corrected chi connectivity index (χ3v) is 4.42. The standard InChI is InChI=1S/C19H20FN3O2/c1-12-3-8-16(11-13(12)2)23-10-9-17(18(23)24)22-19(25)21-15-6-4-14(20)5-7-15/h3-8,11,17H,9-10H2,1-2H3,(H2,21,22,25)/t17-/m0/s1. The lowest BCUT2D eigenvalue weighted by Crippen LogP contribution is -2.43. The summed E-state index contributed by atoms with van der Waals surface area (Å²) in [6, 6.07) is 10.3. The van der Waals surface area contributed by atoms with Crippen molar-refractivity contribution >= 4 is 23.3 Å². The summed E-state index contributed by atoms with van der Waals surface area (Å²) in [6.07, 6.45) is 0.544. The molecule has 1 fully saturated rings. The topological polar surface area (TPSA) is 61.4 Å². The first-order chi connectivity index (χ1) is 11.9. The molecule has 1 atom stereocenters. The average molecular weight is 341 g/mol. The molecule has 3 rings (SSSR count). The van der Waals surface area contributed by atoms with Crippen molar-refractivity contribution < 1.29 is 14.0 Å². The Bertz CT molecular complexity index is 805. The highest BCUT2D eigenvalue weighted by Crippen LogP contribution is 2.24. The molecule has 2 aromatic carbocycles. The van der Waals surface area contributed by atoms with Crippen LogP contribution in [0.15, 0.2) is 42.5 Å². The summed E-state index contributed by atoms with van der Waals surface area (Å²) >= 11 is 0. The van der Waals surface area contributed by atoms with E-state index in [1.807, 2.05) is 32.0 Å². The van der Waals surface area contributed by atoms with Gasteiger partial charge in [-0.3, -0.25) is 4.79 Å². The fourth-order valence-corrected chi connectivity index (χ4v) is 2.82. The number of halogens is 1. The number of hydrogen-bond acceptors (Lipinski definition) is 2. The number of benzene rings is 2. The van der Waals surface area contributed by atoms with Gasteiger partial charge in [0.2, 0.25) is 5.91 Å². The fourth-order valence-electron chi connectivity index (χ4n) is 2.82. The lowest BCUT2D eigenvalue weighted by Gasteiger charge is -2.18. The van der Waals surface area contributed by atoms with Crippen molar-refractivity contribution in [3.63, 3.8) is 0 Å². The number of nitrogens with zero attached hydrogens (tertiary/aromatic N) is 1. The van der Waals surface area contributed by atoms with E-state index in [4.69, 9.17) is 0 Å². The van der Waals surface area contributed by atoms with Gasteiger partial charge in [-0.25, -0.2) is 9.18 Å². The van der Waals surface area contributed by atoms with E-state index in [-0.39, 0.29) is 11.7 Å². The predicted octanol–water partition coefficient (Wildman–Crippen LogP) is 3.37. The Balaban J connectivity index is 1.62. The van der Waals surface area contributed by atoms with Crippen LogP contribution in [-0.4, -0.2) is 24.5 Å². The van der Waals surface area contributed by atoms with Crippen LogP contribution < -0.4 is 15.5 Å². The second-order valence-electron chi connectivity index (χ2n) is 6.21. The minimum Gasteiger partial charge on any atom is -0.326 e. The van der Waals surface area contributed by atoms with Gasteiger partial charge in [0.15, 0.2) is 0 Å². The molecule has 2 N–H and O–H groups in total. The highest BCUT2D eigenvalue weighted by molar-refractivity contribution is 6.02. The van der Waals surface area contributed by atoms with Crippen molar-refractivity contribution in [2.75, 3.05) is 16.8 Å². The Morgan fingerprint density at radius 2 is 1.84 bits per heavy atom. The van der Waals surface area contributed by atoms with Crippen molar-refractivity contribution in [3.8, 4) is 0 Å². The minimum atomic E-state index is -0.568. The number of aryl methyl sites for hydroxylation is 2. The molecule has 5 nitrogen and oxygen atoms in total. The molecule has 2 aromatic rings. The van der Waals surface area contributed by atoms with Gasteiger partial charge in [0.05, 0.1) is 0 Å². The minimum absolute atomic E-state index is 0.127. The Hall–Kier alpha value is -2.89. The van der Waals surface area contributed by atoms with Gasteiger partial charge in [-0.2, -0.15) is 0 Å². The van der Waals surface area contributed by atoms with E-state index in [0.717, 1.165) is 11.3 Å². The summed E-state index contributed by atoms with van der Waals surface area (Å²) in [5.74, 6) is -0.501. The Kier molecular flexibility index (Phi) is 4.70. The molecule has 0 spiro atoms. The van der Waals surface area contributed by atoms with Crippen molar-refractivity contribution in [2.45, 2.75) is 26.3 Å². The van der Waals surface area contributed by atoms with Gasteiger partial charge < -0.3 is 15.5 Å². The summed E-state index contributed by atoms with van der Waals surface area (Å²) in [6.45, 7) is 4.59. The zero-order valence-electron chi connectivity index (χ0n) is 14.2. The van der Waals surface area contributed by atoms with Gasteiger partial charge in [0.1, 0.15) is 11.9 Å². The molecule has 3 amide bonds. The number of urea groups is 1. The van der Waals surface area contributed by atoms with Gasteiger partial charge >= 0.3 is 6.03 Å². The zero-order chi connectivity index (χ0) is 18.0. The second-order valence-corrected chi connectivity index (χ2v) is 6.21. The molecule has 0 saturated carbocycles. The molecular formula is C19H20FN3O2. The van der Waals surface area contributed by atoms with Gasteiger partial charge in [0.25, 0.3) is 0 Å². The highest BCUT2D eigenvalue weighted by atomic mass is 19.1. The van der Waals surface area contributed by atoms with Crippen LogP contribution >= 0.6 is 0 Å². The number of carbonyl (C=O) groups is 2. The molecule has 130 valence electrons. The van der Waals surface area contributed by atoms with E-state index in [1.165, 1.54) is 29.8 Å². The molecule has 0 aromatic heterocycles. The van der Waals surface area contributed by atoms with E-state index in [0.29, 0.717) is 18.7 Å². The molecule has 1 aliphatic rings. The van der Waals surface area contributed by atoms with Gasteiger partial charge in [-0.1, -0.05) is 6.07 Å². The highest BCUT2D eigenvalue weighted by Gasteiger charge is 2.33. The van der Waals surface area contributed by atoms with E-state index >= 15 is 0 Å². The van der Waals surface area contributed by atoms with Crippen molar-refractivity contribution in [1.82, 2.24) is 5.32 Å². The second kappa shape index (κ2) is 6.93. The maximum Gasteiger partial charge on any atom is 0.319 e. The maximum absolute atomic E-state index is 12.9. The monoisotopic (exact) mass is 341 g/mol.